The van der Waals surface area contributed by atoms with E-state index in [-0.39, 0.29) is 18.5 Å². The summed E-state index contributed by atoms with van der Waals surface area (Å²) in [5, 5.41) is 3.07. The lowest BCUT2D eigenvalue weighted by atomic mass is 10.1. The number of hydrogen-bond acceptors (Lipinski definition) is 3. The lowest BCUT2D eigenvalue weighted by Gasteiger charge is -2.14. The first-order valence-electron chi connectivity index (χ1n) is 4.43. The van der Waals surface area contributed by atoms with Gasteiger partial charge in [-0.1, -0.05) is 30.3 Å². The highest BCUT2D eigenvalue weighted by Gasteiger charge is 2.08. The molecule has 0 saturated heterocycles. The average Bonchev–Trinajstić information content (AvgIpc) is 2.21. The average molecular weight is 217 g/mol. The van der Waals surface area contributed by atoms with Gasteiger partial charge in [-0.2, -0.15) is 0 Å². The quantitative estimate of drug-likeness (QED) is 0.736. The molecule has 0 amide bonds. The van der Waals surface area contributed by atoms with Gasteiger partial charge in [0.15, 0.2) is 0 Å². The van der Waals surface area contributed by atoms with E-state index in [9.17, 15) is 0 Å². The summed E-state index contributed by atoms with van der Waals surface area (Å²) in [7, 11) is 1.92. The van der Waals surface area contributed by atoms with E-state index in [1.807, 2.05) is 37.4 Å². The minimum absolute atomic E-state index is 0. The second kappa shape index (κ2) is 7.76. The van der Waals surface area contributed by atoms with Gasteiger partial charge in [0, 0.05) is 0 Å². The van der Waals surface area contributed by atoms with Gasteiger partial charge in [-0.15, -0.1) is 12.4 Å². The van der Waals surface area contributed by atoms with Gasteiger partial charge in [0.1, 0.15) is 6.10 Å². The zero-order chi connectivity index (χ0) is 9.52. The Hall–Kier alpha value is -0.610. The summed E-state index contributed by atoms with van der Waals surface area (Å²) in [6.45, 7) is 0.900. The highest BCUT2D eigenvalue weighted by atomic mass is 35.5. The van der Waals surface area contributed by atoms with Crippen molar-refractivity contribution in [3.8, 4) is 0 Å². The van der Waals surface area contributed by atoms with E-state index in [1.165, 1.54) is 0 Å². The van der Waals surface area contributed by atoms with Gasteiger partial charge >= 0.3 is 0 Å². The van der Waals surface area contributed by atoms with Crippen LogP contribution in [-0.2, 0) is 4.84 Å². The molecule has 0 spiro atoms. The standard InChI is InChI=1S/C10H16N2O.ClH/c1-12-8-7-10(13-11)9-5-3-2-4-6-9;/h2-6,10,12H,7-8,11H2,1H3;1H. The van der Waals surface area contributed by atoms with Crippen molar-refractivity contribution in [2.75, 3.05) is 13.6 Å². The summed E-state index contributed by atoms with van der Waals surface area (Å²) >= 11 is 0. The minimum atomic E-state index is -0.00588. The maximum absolute atomic E-state index is 5.22. The van der Waals surface area contributed by atoms with Crippen molar-refractivity contribution >= 4 is 12.4 Å². The fourth-order valence-electron chi connectivity index (χ4n) is 1.26. The molecule has 0 aliphatic heterocycles. The Bertz CT molecular complexity index is 231. The zero-order valence-electron chi connectivity index (χ0n) is 8.27. The molecule has 0 aliphatic rings. The predicted octanol–water partition coefficient (Wildman–Crippen LogP) is 1.65. The fourth-order valence-corrected chi connectivity index (χ4v) is 1.26. The van der Waals surface area contributed by atoms with E-state index >= 15 is 0 Å². The van der Waals surface area contributed by atoms with Crippen LogP contribution in [0.15, 0.2) is 30.3 Å². The van der Waals surface area contributed by atoms with E-state index in [4.69, 9.17) is 10.7 Å². The number of nitrogens with two attached hydrogens (primary N) is 1. The van der Waals surface area contributed by atoms with Crippen LogP contribution in [0.3, 0.4) is 0 Å². The molecule has 80 valence electrons. The van der Waals surface area contributed by atoms with Crippen molar-refractivity contribution in [1.29, 1.82) is 0 Å². The zero-order valence-corrected chi connectivity index (χ0v) is 9.09. The third-order valence-corrected chi connectivity index (χ3v) is 1.99. The molecule has 1 atom stereocenters. The van der Waals surface area contributed by atoms with Crippen LogP contribution in [0.4, 0.5) is 0 Å². The van der Waals surface area contributed by atoms with Crippen molar-refractivity contribution in [3.05, 3.63) is 35.9 Å². The largest absolute Gasteiger partial charge is 0.320 e. The Balaban J connectivity index is 0.00000169. The van der Waals surface area contributed by atoms with Crippen molar-refractivity contribution < 1.29 is 4.84 Å². The van der Waals surface area contributed by atoms with E-state index < -0.39 is 0 Å². The van der Waals surface area contributed by atoms with Gasteiger partial charge in [0.25, 0.3) is 0 Å². The van der Waals surface area contributed by atoms with Crippen molar-refractivity contribution in [2.45, 2.75) is 12.5 Å². The third kappa shape index (κ3) is 4.07. The lowest BCUT2D eigenvalue weighted by molar-refractivity contribution is 0.0470. The van der Waals surface area contributed by atoms with Crippen LogP contribution in [0.5, 0.6) is 0 Å². The Labute approximate surface area is 91.0 Å². The van der Waals surface area contributed by atoms with Crippen LogP contribution in [-0.4, -0.2) is 13.6 Å². The molecule has 1 rings (SSSR count). The number of nitrogens with one attached hydrogen (secondary N) is 1. The highest BCUT2D eigenvalue weighted by molar-refractivity contribution is 5.85. The molecule has 0 aromatic heterocycles. The van der Waals surface area contributed by atoms with Crippen LogP contribution in [0.2, 0.25) is 0 Å². The Morgan fingerprint density at radius 2 is 2.00 bits per heavy atom. The fraction of sp³-hybridized carbons (Fsp3) is 0.400. The van der Waals surface area contributed by atoms with Gasteiger partial charge < -0.3 is 5.32 Å². The molecule has 4 heteroatoms. The van der Waals surface area contributed by atoms with E-state index in [0.29, 0.717) is 0 Å². The summed E-state index contributed by atoms with van der Waals surface area (Å²) in [5.74, 6) is 5.22. The minimum Gasteiger partial charge on any atom is -0.320 e. The predicted molar refractivity (Wildman–Crippen MR) is 60.2 cm³/mol. The first kappa shape index (κ1) is 13.4. The molecular weight excluding hydrogens is 200 g/mol. The van der Waals surface area contributed by atoms with E-state index in [1.54, 1.807) is 0 Å². The third-order valence-electron chi connectivity index (χ3n) is 1.99. The Morgan fingerprint density at radius 1 is 1.36 bits per heavy atom. The molecule has 1 aromatic carbocycles. The van der Waals surface area contributed by atoms with Crippen LogP contribution in [0, 0.1) is 0 Å². The molecule has 0 bridgehead atoms. The summed E-state index contributed by atoms with van der Waals surface area (Å²) in [6.07, 6.45) is 0.880. The number of benzene rings is 1. The number of hydrogen-bond donors (Lipinski definition) is 2. The highest BCUT2D eigenvalue weighted by Crippen LogP contribution is 2.17. The monoisotopic (exact) mass is 216 g/mol. The van der Waals surface area contributed by atoms with E-state index in [0.717, 1.165) is 18.5 Å². The van der Waals surface area contributed by atoms with Gasteiger partial charge in [0.05, 0.1) is 0 Å². The SMILES string of the molecule is CNCCC(ON)c1ccccc1.Cl. The van der Waals surface area contributed by atoms with Crippen molar-refractivity contribution in [1.82, 2.24) is 5.32 Å². The topological polar surface area (TPSA) is 47.3 Å². The molecule has 3 N–H and O–H groups in total. The molecule has 3 nitrogen and oxygen atoms in total. The smallest absolute Gasteiger partial charge is 0.105 e. The molecular formula is C10H17ClN2O. The first-order valence-corrected chi connectivity index (χ1v) is 4.43. The number of halogens is 1. The molecule has 0 radical (unpaired) electrons. The van der Waals surface area contributed by atoms with Crippen LogP contribution >= 0.6 is 12.4 Å². The molecule has 0 heterocycles. The maximum atomic E-state index is 5.22. The lowest BCUT2D eigenvalue weighted by Crippen LogP contribution is -2.16. The molecule has 0 saturated carbocycles. The van der Waals surface area contributed by atoms with E-state index in [2.05, 4.69) is 5.32 Å². The van der Waals surface area contributed by atoms with Gasteiger partial charge in [0.2, 0.25) is 0 Å². The number of rotatable bonds is 5. The van der Waals surface area contributed by atoms with Crippen molar-refractivity contribution in [2.24, 2.45) is 5.90 Å². The molecule has 14 heavy (non-hydrogen) atoms. The maximum Gasteiger partial charge on any atom is 0.105 e. The summed E-state index contributed by atoms with van der Waals surface area (Å²) in [5.41, 5.74) is 1.13. The van der Waals surface area contributed by atoms with Gasteiger partial charge in [-0.25, -0.2) is 5.90 Å². The Kier molecular flexibility index (Phi) is 7.42. The molecule has 1 aromatic rings. The van der Waals surface area contributed by atoms with Gasteiger partial charge in [-0.3, -0.25) is 4.84 Å². The van der Waals surface area contributed by atoms with Crippen molar-refractivity contribution in [3.63, 3.8) is 0 Å². The van der Waals surface area contributed by atoms with Crippen LogP contribution in [0.1, 0.15) is 18.1 Å². The summed E-state index contributed by atoms with van der Waals surface area (Å²) < 4.78 is 0. The molecule has 0 fully saturated rings. The second-order valence-corrected chi connectivity index (χ2v) is 2.93. The van der Waals surface area contributed by atoms with Crippen LogP contribution in [0.25, 0.3) is 0 Å². The first-order chi connectivity index (χ1) is 6.38. The van der Waals surface area contributed by atoms with Crippen LogP contribution < -0.4 is 11.2 Å². The summed E-state index contributed by atoms with van der Waals surface area (Å²) in [6, 6.07) is 10.00. The second-order valence-electron chi connectivity index (χ2n) is 2.93. The normalized spacial score (nSPS) is 11.9. The Morgan fingerprint density at radius 3 is 2.50 bits per heavy atom. The summed E-state index contributed by atoms with van der Waals surface area (Å²) in [4.78, 5) is 4.90. The van der Waals surface area contributed by atoms with Gasteiger partial charge in [-0.05, 0) is 25.6 Å². The molecule has 1 unspecified atom stereocenters. The molecule has 0 aliphatic carbocycles.